The summed E-state index contributed by atoms with van der Waals surface area (Å²) in [5.74, 6) is 0. The van der Waals surface area contributed by atoms with E-state index in [4.69, 9.17) is 0 Å². The highest BCUT2D eigenvalue weighted by atomic mass is 15.4. The molecule has 0 aliphatic carbocycles. The summed E-state index contributed by atoms with van der Waals surface area (Å²) in [6, 6.07) is 0. The summed E-state index contributed by atoms with van der Waals surface area (Å²) in [5, 5.41) is 11.7. The Morgan fingerprint density at radius 3 is 2.64 bits per heavy atom. The first-order valence-electron chi connectivity index (χ1n) is 4.27. The normalized spacial score (nSPS) is 31.8. The zero-order valence-corrected chi connectivity index (χ0v) is 7.22. The van der Waals surface area contributed by atoms with Crippen LogP contribution < -0.4 is 5.32 Å². The Morgan fingerprint density at radius 1 is 1.27 bits per heavy atom. The lowest BCUT2D eigenvalue weighted by atomic mass is 9.84. The van der Waals surface area contributed by atoms with Crippen LogP contribution in [0.1, 0.15) is 26.7 Å². The van der Waals surface area contributed by atoms with Crippen molar-refractivity contribution in [2.45, 2.75) is 32.4 Å². The third-order valence-electron chi connectivity index (χ3n) is 2.45. The first-order valence-corrected chi connectivity index (χ1v) is 4.27. The molecule has 3 heteroatoms. The Bertz CT molecular complexity index is 184. The third-order valence-corrected chi connectivity index (χ3v) is 2.45. The molecule has 62 valence electrons. The van der Waals surface area contributed by atoms with Crippen molar-refractivity contribution in [2.24, 2.45) is 15.6 Å². The number of hydrogen-bond acceptors (Lipinski definition) is 3. The van der Waals surface area contributed by atoms with Crippen LogP contribution >= 0.6 is 0 Å². The van der Waals surface area contributed by atoms with Crippen molar-refractivity contribution in [2.75, 3.05) is 13.1 Å². The van der Waals surface area contributed by atoms with Gasteiger partial charge in [-0.25, -0.2) is 0 Å². The fourth-order valence-corrected chi connectivity index (χ4v) is 1.87. The Labute approximate surface area is 67.3 Å². The molecule has 0 amide bonds. The Hall–Kier alpha value is -0.440. The van der Waals surface area contributed by atoms with Gasteiger partial charge in [0, 0.05) is 19.4 Å². The highest BCUT2D eigenvalue weighted by Gasteiger charge is 2.45. The second-order valence-corrected chi connectivity index (χ2v) is 4.45. The Kier molecular flexibility index (Phi) is 1.34. The summed E-state index contributed by atoms with van der Waals surface area (Å²) in [7, 11) is 0. The number of rotatable bonds is 0. The maximum atomic E-state index is 4.13. The minimum absolute atomic E-state index is 0.0347. The molecule has 0 unspecified atom stereocenters. The van der Waals surface area contributed by atoms with Crippen LogP contribution in [0.2, 0.25) is 0 Å². The van der Waals surface area contributed by atoms with Gasteiger partial charge in [0.15, 0.2) is 5.66 Å². The lowest BCUT2D eigenvalue weighted by Gasteiger charge is -2.23. The van der Waals surface area contributed by atoms with Gasteiger partial charge in [0.2, 0.25) is 0 Å². The molecule has 0 bridgehead atoms. The van der Waals surface area contributed by atoms with Gasteiger partial charge in [-0.3, -0.25) is 0 Å². The maximum Gasteiger partial charge on any atom is 0.192 e. The molecule has 1 N–H and O–H groups in total. The van der Waals surface area contributed by atoms with E-state index < -0.39 is 0 Å². The van der Waals surface area contributed by atoms with Crippen molar-refractivity contribution in [1.82, 2.24) is 5.32 Å². The molecule has 2 rings (SSSR count). The molecule has 0 atom stereocenters. The monoisotopic (exact) mass is 153 g/mol. The van der Waals surface area contributed by atoms with Crippen molar-refractivity contribution < 1.29 is 0 Å². The van der Waals surface area contributed by atoms with Crippen molar-refractivity contribution in [3.63, 3.8) is 0 Å². The van der Waals surface area contributed by atoms with Crippen LogP contribution in [0.5, 0.6) is 0 Å². The van der Waals surface area contributed by atoms with Gasteiger partial charge in [-0.2, -0.15) is 10.2 Å². The van der Waals surface area contributed by atoms with Gasteiger partial charge in [-0.1, -0.05) is 13.8 Å². The fraction of sp³-hybridized carbons (Fsp3) is 1.00. The average molecular weight is 153 g/mol. The molecule has 1 spiro atoms. The van der Waals surface area contributed by atoms with E-state index in [1.54, 1.807) is 0 Å². The second kappa shape index (κ2) is 2.03. The summed E-state index contributed by atoms with van der Waals surface area (Å²) in [6.07, 6.45) is 2.21. The summed E-state index contributed by atoms with van der Waals surface area (Å²) in [6.45, 7) is 6.71. The molecule has 2 aliphatic rings. The predicted octanol–water partition coefficient (Wildman–Crippen LogP) is 1.56. The largest absolute Gasteiger partial charge is 0.316 e. The van der Waals surface area contributed by atoms with Crippen LogP contribution in [-0.4, -0.2) is 18.8 Å². The van der Waals surface area contributed by atoms with E-state index in [2.05, 4.69) is 29.4 Å². The summed E-state index contributed by atoms with van der Waals surface area (Å²) >= 11 is 0. The smallest absolute Gasteiger partial charge is 0.192 e. The van der Waals surface area contributed by atoms with E-state index >= 15 is 0 Å². The molecule has 2 heterocycles. The van der Waals surface area contributed by atoms with E-state index in [0.717, 1.165) is 25.9 Å². The van der Waals surface area contributed by atoms with E-state index in [-0.39, 0.29) is 5.66 Å². The van der Waals surface area contributed by atoms with Crippen molar-refractivity contribution in [3.8, 4) is 0 Å². The molecule has 0 saturated carbocycles. The Balaban J connectivity index is 2.06. The fourth-order valence-electron chi connectivity index (χ4n) is 1.87. The van der Waals surface area contributed by atoms with Gasteiger partial charge in [0.1, 0.15) is 0 Å². The topological polar surface area (TPSA) is 36.8 Å². The quantitative estimate of drug-likeness (QED) is 0.563. The first kappa shape index (κ1) is 7.22. The van der Waals surface area contributed by atoms with Crippen LogP contribution in [-0.2, 0) is 0 Å². The highest BCUT2D eigenvalue weighted by Crippen LogP contribution is 2.43. The van der Waals surface area contributed by atoms with E-state index in [1.165, 1.54) is 0 Å². The highest BCUT2D eigenvalue weighted by molar-refractivity contribution is 5.00. The Morgan fingerprint density at radius 2 is 2.00 bits per heavy atom. The third kappa shape index (κ3) is 1.43. The summed E-state index contributed by atoms with van der Waals surface area (Å²) in [4.78, 5) is 0. The number of nitrogens with one attached hydrogen (secondary N) is 1. The zero-order valence-electron chi connectivity index (χ0n) is 7.22. The van der Waals surface area contributed by atoms with Crippen LogP contribution in [0.3, 0.4) is 0 Å². The van der Waals surface area contributed by atoms with Crippen LogP contribution in [0.4, 0.5) is 0 Å². The minimum atomic E-state index is 0.0347. The van der Waals surface area contributed by atoms with Gasteiger partial charge < -0.3 is 5.32 Å². The van der Waals surface area contributed by atoms with E-state index in [9.17, 15) is 0 Å². The van der Waals surface area contributed by atoms with Crippen molar-refractivity contribution >= 4 is 0 Å². The van der Waals surface area contributed by atoms with E-state index in [0.29, 0.717) is 5.41 Å². The molecule has 0 aromatic rings. The van der Waals surface area contributed by atoms with Crippen LogP contribution in [0, 0.1) is 5.41 Å². The minimum Gasteiger partial charge on any atom is -0.316 e. The van der Waals surface area contributed by atoms with Gasteiger partial charge in [0.05, 0.1) is 0 Å². The zero-order chi connectivity index (χ0) is 7.95. The van der Waals surface area contributed by atoms with Crippen molar-refractivity contribution in [1.29, 1.82) is 0 Å². The predicted molar refractivity (Wildman–Crippen MR) is 43.5 cm³/mol. The van der Waals surface area contributed by atoms with E-state index in [1.807, 2.05) is 0 Å². The average Bonchev–Trinajstić information content (AvgIpc) is 2.63. The lowest BCUT2D eigenvalue weighted by molar-refractivity contribution is 0.301. The van der Waals surface area contributed by atoms with Crippen LogP contribution in [0.15, 0.2) is 10.2 Å². The molecular formula is C8H15N3. The molecule has 1 fully saturated rings. The van der Waals surface area contributed by atoms with Crippen molar-refractivity contribution in [3.05, 3.63) is 0 Å². The number of nitrogens with zero attached hydrogens (tertiary/aromatic N) is 2. The summed E-state index contributed by atoms with van der Waals surface area (Å²) < 4.78 is 0. The van der Waals surface area contributed by atoms with Crippen LogP contribution in [0.25, 0.3) is 0 Å². The maximum absolute atomic E-state index is 4.13. The molecule has 3 nitrogen and oxygen atoms in total. The SMILES string of the molecule is CC1(C)CNCCC2(C1)N=N2. The second-order valence-electron chi connectivity index (χ2n) is 4.45. The lowest BCUT2D eigenvalue weighted by Crippen LogP contribution is -2.27. The molecule has 0 aromatic heterocycles. The van der Waals surface area contributed by atoms with Gasteiger partial charge >= 0.3 is 0 Å². The van der Waals surface area contributed by atoms with Gasteiger partial charge in [0.25, 0.3) is 0 Å². The van der Waals surface area contributed by atoms with Gasteiger partial charge in [-0.05, 0) is 12.0 Å². The van der Waals surface area contributed by atoms with Gasteiger partial charge in [-0.15, -0.1) is 0 Å². The molecule has 0 radical (unpaired) electrons. The summed E-state index contributed by atoms with van der Waals surface area (Å²) in [5.41, 5.74) is 0.396. The molecule has 1 saturated heterocycles. The molecule has 2 aliphatic heterocycles. The first-order chi connectivity index (χ1) is 5.12. The molecule has 11 heavy (non-hydrogen) atoms. The standard InChI is InChI=1S/C8H15N3/c1-7(2)5-8(10-11-8)3-4-9-6-7/h9H,3-6H2,1-2H3. The molecular weight excluding hydrogens is 138 g/mol. The number of hydrogen-bond donors (Lipinski definition) is 1. The molecule has 0 aromatic carbocycles.